The monoisotopic (exact) mass is 287 g/mol. The van der Waals surface area contributed by atoms with Gasteiger partial charge in [0.25, 0.3) is 0 Å². The Morgan fingerprint density at radius 2 is 2.14 bits per heavy atom. The normalized spacial score (nSPS) is 12.0. The molecule has 21 heavy (non-hydrogen) atoms. The molecule has 0 saturated carbocycles. The standard InChI is InChI=1S/C16H21N3O2/c1-21-16(20)15(14-7-3-2-4-8-14)13-17-9-5-11-19-12-6-10-18-19/h2-4,6-8,10,12,15,17H,5,9,11,13H2,1H3. The Balaban J connectivity index is 1.78. The maximum atomic E-state index is 11.9. The van der Waals surface area contributed by atoms with Crippen molar-refractivity contribution in [2.45, 2.75) is 18.9 Å². The summed E-state index contributed by atoms with van der Waals surface area (Å²) in [5, 5.41) is 7.47. The van der Waals surface area contributed by atoms with Crippen molar-refractivity contribution in [1.82, 2.24) is 15.1 Å². The highest BCUT2D eigenvalue weighted by Crippen LogP contribution is 2.16. The van der Waals surface area contributed by atoms with Crippen molar-refractivity contribution in [2.24, 2.45) is 0 Å². The number of esters is 1. The van der Waals surface area contributed by atoms with Crippen LogP contribution in [0.2, 0.25) is 0 Å². The number of carbonyl (C=O) groups is 1. The Hall–Kier alpha value is -2.14. The lowest BCUT2D eigenvalue weighted by Crippen LogP contribution is -2.29. The third-order valence-electron chi connectivity index (χ3n) is 3.34. The fourth-order valence-corrected chi connectivity index (χ4v) is 2.21. The molecular weight excluding hydrogens is 266 g/mol. The average Bonchev–Trinajstić information content (AvgIpc) is 3.04. The summed E-state index contributed by atoms with van der Waals surface area (Å²) < 4.78 is 6.79. The molecule has 1 aromatic heterocycles. The zero-order chi connectivity index (χ0) is 14.9. The lowest BCUT2D eigenvalue weighted by atomic mass is 9.99. The van der Waals surface area contributed by atoms with Crippen LogP contribution in [0.25, 0.3) is 0 Å². The summed E-state index contributed by atoms with van der Waals surface area (Å²) >= 11 is 0. The molecule has 0 fully saturated rings. The number of aryl methyl sites for hydroxylation is 1. The Labute approximate surface area is 124 Å². The third-order valence-corrected chi connectivity index (χ3v) is 3.34. The van der Waals surface area contributed by atoms with E-state index >= 15 is 0 Å². The van der Waals surface area contributed by atoms with Crippen LogP contribution in [-0.2, 0) is 16.1 Å². The molecule has 0 spiro atoms. The van der Waals surface area contributed by atoms with E-state index in [2.05, 4.69) is 10.4 Å². The number of benzene rings is 1. The Morgan fingerprint density at radius 1 is 1.33 bits per heavy atom. The molecule has 5 heteroatoms. The quantitative estimate of drug-likeness (QED) is 0.594. The minimum absolute atomic E-state index is 0.208. The second-order valence-electron chi connectivity index (χ2n) is 4.81. The molecule has 2 aromatic rings. The van der Waals surface area contributed by atoms with Crippen LogP contribution in [0, 0.1) is 0 Å². The summed E-state index contributed by atoms with van der Waals surface area (Å²) in [6.07, 6.45) is 4.68. The maximum absolute atomic E-state index is 11.9. The highest BCUT2D eigenvalue weighted by Gasteiger charge is 2.20. The van der Waals surface area contributed by atoms with Crippen LogP contribution < -0.4 is 5.32 Å². The average molecular weight is 287 g/mol. The Bertz CT molecular complexity index is 526. The second-order valence-corrected chi connectivity index (χ2v) is 4.81. The van der Waals surface area contributed by atoms with Gasteiger partial charge in [-0.05, 0) is 24.6 Å². The van der Waals surface area contributed by atoms with Crippen LogP contribution >= 0.6 is 0 Å². The summed E-state index contributed by atoms with van der Waals surface area (Å²) in [4.78, 5) is 11.9. The summed E-state index contributed by atoms with van der Waals surface area (Å²) in [6.45, 7) is 2.28. The minimum atomic E-state index is -0.263. The first kappa shape index (κ1) is 15.3. The largest absolute Gasteiger partial charge is 0.469 e. The molecule has 0 bridgehead atoms. The van der Waals surface area contributed by atoms with Gasteiger partial charge in [0.2, 0.25) is 0 Å². The molecule has 1 heterocycles. The van der Waals surface area contributed by atoms with Gasteiger partial charge < -0.3 is 10.1 Å². The summed E-state index contributed by atoms with van der Waals surface area (Å²) in [6, 6.07) is 11.6. The molecule has 0 aliphatic rings. The van der Waals surface area contributed by atoms with E-state index in [0.717, 1.165) is 25.1 Å². The first-order valence-corrected chi connectivity index (χ1v) is 7.12. The molecule has 5 nitrogen and oxygen atoms in total. The predicted molar refractivity (Wildman–Crippen MR) is 80.9 cm³/mol. The van der Waals surface area contributed by atoms with Gasteiger partial charge in [-0.1, -0.05) is 30.3 Å². The zero-order valence-corrected chi connectivity index (χ0v) is 12.2. The van der Waals surface area contributed by atoms with E-state index in [1.807, 2.05) is 47.3 Å². The van der Waals surface area contributed by atoms with Gasteiger partial charge in [0.1, 0.15) is 0 Å². The van der Waals surface area contributed by atoms with Crippen LogP contribution in [-0.4, -0.2) is 35.9 Å². The van der Waals surface area contributed by atoms with Gasteiger partial charge in [-0.3, -0.25) is 9.48 Å². The second kappa shape index (κ2) is 8.21. The van der Waals surface area contributed by atoms with Gasteiger partial charge in [-0.2, -0.15) is 5.10 Å². The van der Waals surface area contributed by atoms with E-state index in [9.17, 15) is 4.79 Å². The molecule has 0 amide bonds. The van der Waals surface area contributed by atoms with Gasteiger partial charge >= 0.3 is 5.97 Å². The molecule has 112 valence electrons. The van der Waals surface area contributed by atoms with Crippen molar-refractivity contribution in [3.8, 4) is 0 Å². The van der Waals surface area contributed by atoms with E-state index < -0.39 is 0 Å². The summed E-state index contributed by atoms with van der Waals surface area (Å²) in [5.41, 5.74) is 0.976. The third kappa shape index (κ3) is 4.72. The van der Waals surface area contributed by atoms with Crippen LogP contribution in [0.4, 0.5) is 0 Å². The van der Waals surface area contributed by atoms with Crippen molar-refractivity contribution in [2.75, 3.05) is 20.2 Å². The molecule has 0 radical (unpaired) electrons. The molecule has 1 N–H and O–H groups in total. The highest BCUT2D eigenvalue weighted by atomic mass is 16.5. The van der Waals surface area contributed by atoms with E-state index in [0.29, 0.717) is 6.54 Å². The van der Waals surface area contributed by atoms with Crippen LogP contribution in [0.3, 0.4) is 0 Å². The lowest BCUT2D eigenvalue weighted by Gasteiger charge is -2.15. The van der Waals surface area contributed by atoms with Gasteiger partial charge in [0.15, 0.2) is 0 Å². The Kier molecular flexibility index (Phi) is 5.97. The number of hydrogen-bond donors (Lipinski definition) is 1. The first-order valence-electron chi connectivity index (χ1n) is 7.12. The number of rotatable bonds is 8. The molecule has 2 rings (SSSR count). The number of aromatic nitrogens is 2. The molecule has 0 aliphatic carbocycles. The zero-order valence-electron chi connectivity index (χ0n) is 12.2. The molecule has 1 atom stereocenters. The van der Waals surface area contributed by atoms with Gasteiger partial charge in [-0.15, -0.1) is 0 Å². The maximum Gasteiger partial charge on any atom is 0.314 e. The minimum Gasteiger partial charge on any atom is -0.469 e. The topological polar surface area (TPSA) is 56.1 Å². The van der Waals surface area contributed by atoms with Crippen molar-refractivity contribution in [3.63, 3.8) is 0 Å². The van der Waals surface area contributed by atoms with Crippen molar-refractivity contribution in [1.29, 1.82) is 0 Å². The van der Waals surface area contributed by atoms with E-state index in [4.69, 9.17) is 4.74 Å². The van der Waals surface area contributed by atoms with E-state index in [-0.39, 0.29) is 11.9 Å². The highest BCUT2D eigenvalue weighted by molar-refractivity contribution is 5.78. The number of carbonyl (C=O) groups excluding carboxylic acids is 1. The van der Waals surface area contributed by atoms with Gasteiger partial charge in [0, 0.05) is 25.5 Å². The summed E-state index contributed by atoms with van der Waals surface area (Å²) in [5.74, 6) is -0.471. The number of nitrogens with one attached hydrogen (secondary N) is 1. The molecule has 1 aromatic carbocycles. The number of nitrogens with zero attached hydrogens (tertiary/aromatic N) is 2. The number of methoxy groups -OCH3 is 1. The first-order chi connectivity index (χ1) is 10.3. The van der Waals surface area contributed by atoms with Crippen LogP contribution in [0.1, 0.15) is 17.9 Å². The number of ether oxygens (including phenoxy) is 1. The molecule has 0 saturated heterocycles. The molecular formula is C16H21N3O2. The van der Waals surface area contributed by atoms with E-state index in [1.54, 1.807) is 6.20 Å². The van der Waals surface area contributed by atoms with Crippen molar-refractivity contribution >= 4 is 5.97 Å². The van der Waals surface area contributed by atoms with E-state index in [1.165, 1.54) is 7.11 Å². The van der Waals surface area contributed by atoms with Crippen LogP contribution in [0.5, 0.6) is 0 Å². The van der Waals surface area contributed by atoms with Crippen molar-refractivity contribution in [3.05, 3.63) is 54.4 Å². The van der Waals surface area contributed by atoms with Gasteiger partial charge in [0.05, 0.1) is 13.0 Å². The smallest absolute Gasteiger partial charge is 0.314 e. The predicted octanol–water partition coefficient (Wildman–Crippen LogP) is 1.82. The van der Waals surface area contributed by atoms with Gasteiger partial charge in [-0.25, -0.2) is 0 Å². The fraction of sp³-hybridized carbons (Fsp3) is 0.375. The SMILES string of the molecule is COC(=O)C(CNCCCn1cccn1)c1ccccc1. The van der Waals surface area contributed by atoms with Crippen LogP contribution in [0.15, 0.2) is 48.8 Å². The molecule has 0 aliphatic heterocycles. The lowest BCUT2D eigenvalue weighted by molar-refractivity contribution is -0.142. The number of hydrogen-bond acceptors (Lipinski definition) is 4. The Morgan fingerprint density at radius 3 is 2.81 bits per heavy atom. The molecule has 1 unspecified atom stereocenters. The van der Waals surface area contributed by atoms with Crippen molar-refractivity contribution < 1.29 is 9.53 Å². The fourth-order valence-electron chi connectivity index (χ4n) is 2.21. The summed E-state index contributed by atoms with van der Waals surface area (Å²) in [7, 11) is 1.43.